The molecule has 0 aliphatic rings. The molecule has 0 N–H and O–H groups in total. The molecule has 0 aromatic carbocycles. The molecule has 32 heavy (non-hydrogen) atoms. The number of carboxylic acid groups (broad SMARTS) is 1. The van der Waals surface area contributed by atoms with Crippen molar-refractivity contribution >= 4 is 5.97 Å². The third-order valence-corrected chi connectivity index (χ3v) is 6.64. The molecule has 186 valence electrons. The van der Waals surface area contributed by atoms with Crippen molar-refractivity contribution in [2.45, 2.75) is 162 Å². The molecule has 0 aromatic heterocycles. The Hall–Kier alpha value is 1.07. The summed E-state index contributed by atoms with van der Waals surface area (Å²) in [5.74, 6) is -0.861. The van der Waals surface area contributed by atoms with E-state index in [9.17, 15) is 9.90 Å². The van der Waals surface area contributed by atoms with E-state index in [0.29, 0.717) is 0 Å². The van der Waals surface area contributed by atoms with E-state index in [1.54, 1.807) is 0 Å². The first kappa shape index (κ1) is 35.2. The standard InChI is InChI=1S/C28H57NO2.K/c1-4-7-10-12-14-16-18-20-22-25-29(27(28(30)31)24-9-6-3)26-23-21-19-17-15-13-11-8-5-2;/h27H,4-26H2,1-3H3,(H,30,31);/q;+1/p-1. The van der Waals surface area contributed by atoms with Gasteiger partial charge >= 0.3 is 51.4 Å². The Balaban J connectivity index is 0. The molecular formula is C28H56KNO2. The largest absolute Gasteiger partial charge is 1.00 e. The van der Waals surface area contributed by atoms with Crippen LogP contribution in [-0.4, -0.2) is 30.0 Å². The first-order chi connectivity index (χ1) is 15.2. The van der Waals surface area contributed by atoms with Crippen LogP contribution in [-0.2, 0) is 4.79 Å². The normalized spacial score (nSPS) is 12.1. The minimum Gasteiger partial charge on any atom is -0.548 e. The molecular weight excluding hydrogens is 421 g/mol. The van der Waals surface area contributed by atoms with E-state index >= 15 is 0 Å². The fraction of sp³-hybridized carbons (Fsp3) is 0.964. The zero-order valence-electron chi connectivity index (χ0n) is 22.6. The molecule has 0 fully saturated rings. The van der Waals surface area contributed by atoms with E-state index in [-0.39, 0.29) is 57.4 Å². The van der Waals surface area contributed by atoms with E-state index in [1.165, 1.54) is 103 Å². The topological polar surface area (TPSA) is 43.4 Å². The van der Waals surface area contributed by atoms with Crippen molar-refractivity contribution in [1.29, 1.82) is 0 Å². The first-order valence-electron chi connectivity index (χ1n) is 14.1. The summed E-state index contributed by atoms with van der Waals surface area (Å²) in [6.45, 7) is 8.52. The quantitative estimate of drug-likeness (QED) is 0.142. The van der Waals surface area contributed by atoms with Gasteiger partial charge in [0.2, 0.25) is 0 Å². The second-order valence-electron chi connectivity index (χ2n) is 9.67. The average Bonchev–Trinajstić information content (AvgIpc) is 2.76. The molecule has 3 nitrogen and oxygen atoms in total. The number of carbonyl (C=O) groups excluding carboxylic acids is 1. The van der Waals surface area contributed by atoms with Gasteiger partial charge in [0.05, 0.1) is 5.97 Å². The molecule has 0 amide bonds. The predicted octanol–water partition coefficient (Wildman–Crippen LogP) is 4.66. The fourth-order valence-corrected chi connectivity index (χ4v) is 4.52. The van der Waals surface area contributed by atoms with Gasteiger partial charge in [-0.25, -0.2) is 0 Å². The van der Waals surface area contributed by atoms with Crippen molar-refractivity contribution in [1.82, 2.24) is 4.90 Å². The van der Waals surface area contributed by atoms with Crippen LogP contribution in [0.4, 0.5) is 0 Å². The molecule has 0 aromatic rings. The second kappa shape index (κ2) is 28.3. The Labute approximate surface area is 244 Å². The van der Waals surface area contributed by atoms with E-state index < -0.39 is 5.97 Å². The van der Waals surface area contributed by atoms with Crippen LogP contribution in [0.5, 0.6) is 0 Å². The van der Waals surface area contributed by atoms with Crippen LogP contribution in [0.2, 0.25) is 0 Å². The molecule has 0 bridgehead atoms. The SMILES string of the molecule is CCCCCCCCCCCN(CCCCCCCCCCC)C(CCCC)C(=O)[O-].[K+]. The molecule has 0 heterocycles. The van der Waals surface area contributed by atoms with Gasteiger partial charge in [-0.2, -0.15) is 0 Å². The molecule has 0 saturated heterocycles. The van der Waals surface area contributed by atoms with Crippen molar-refractivity contribution < 1.29 is 61.3 Å². The summed E-state index contributed by atoms with van der Waals surface area (Å²) in [4.78, 5) is 14.1. The Bertz CT molecular complexity index is 356. The van der Waals surface area contributed by atoms with Crippen molar-refractivity contribution in [3.05, 3.63) is 0 Å². The molecule has 0 aliphatic carbocycles. The molecule has 1 atom stereocenters. The van der Waals surface area contributed by atoms with Crippen LogP contribution in [0.25, 0.3) is 0 Å². The number of hydrogen-bond acceptors (Lipinski definition) is 3. The van der Waals surface area contributed by atoms with E-state index in [2.05, 4.69) is 25.7 Å². The predicted molar refractivity (Wildman–Crippen MR) is 134 cm³/mol. The molecule has 0 rings (SSSR count). The van der Waals surface area contributed by atoms with Crippen molar-refractivity contribution in [3.8, 4) is 0 Å². The Kier molecular flexibility index (Phi) is 31.2. The molecule has 0 spiro atoms. The summed E-state index contributed by atoms with van der Waals surface area (Å²) >= 11 is 0. The van der Waals surface area contributed by atoms with Crippen LogP contribution in [0.15, 0.2) is 0 Å². The molecule has 1 unspecified atom stereocenters. The van der Waals surface area contributed by atoms with Gasteiger partial charge in [-0.3, -0.25) is 4.90 Å². The minimum atomic E-state index is -0.861. The Morgan fingerprint density at radius 1 is 0.562 bits per heavy atom. The van der Waals surface area contributed by atoms with Crippen LogP contribution >= 0.6 is 0 Å². The van der Waals surface area contributed by atoms with Gasteiger partial charge in [0.15, 0.2) is 0 Å². The molecule has 0 aliphatic heterocycles. The van der Waals surface area contributed by atoms with Gasteiger partial charge in [0.25, 0.3) is 0 Å². The summed E-state index contributed by atoms with van der Waals surface area (Å²) < 4.78 is 0. The zero-order chi connectivity index (χ0) is 23.0. The summed E-state index contributed by atoms with van der Waals surface area (Å²) in [6, 6.07) is -0.386. The van der Waals surface area contributed by atoms with Crippen LogP contribution in [0, 0.1) is 0 Å². The average molecular weight is 478 g/mol. The maximum atomic E-state index is 11.8. The van der Waals surface area contributed by atoms with Crippen molar-refractivity contribution in [3.63, 3.8) is 0 Å². The summed E-state index contributed by atoms with van der Waals surface area (Å²) in [5.41, 5.74) is 0. The Morgan fingerprint density at radius 2 is 0.875 bits per heavy atom. The minimum absolute atomic E-state index is 0. The van der Waals surface area contributed by atoms with Crippen LogP contribution in [0.3, 0.4) is 0 Å². The Morgan fingerprint density at radius 3 is 1.19 bits per heavy atom. The zero-order valence-corrected chi connectivity index (χ0v) is 25.7. The van der Waals surface area contributed by atoms with E-state index in [4.69, 9.17) is 0 Å². The number of aliphatic carboxylic acids is 1. The van der Waals surface area contributed by atoms with E-state index in [1.807, 2.05) is 0 Å². The van der Waals surface area contributed by atoms with Gasteiger partial charge in [-0.05, 0) is 32.4 Å². The first-order valence-corrected chi connectivity index (χ1v) is 14.1. The third kappa shape index (κ3) is 22.8. The van der Waals surface area contributed by atoms with Crippen LogP contribution in [0.1, 0.15) is 156 Å². The maximum Gasteiger partial charge on any atom is 1.00 e. The second-order valence-corrected chi connectivity index (χ2v) is 9.67. The number of unbranched alkanes of at least 4 members (excludes halogenated alkanes) is 17. The van der Waals surface area contributed by atoms with Crippen LogP contribution < -0.4 is 56.5 Å². The monoisotopic (exact) mass is 477 g/mol. The van der Waals surface area contributed by atoms with Gasteiger partial charge in [0.1, 0.15) is 0 Å². The van der Waals surface area contributed by atoms with Gasteiger partial charge in [0, 0.05) is 6.04 Å². The van der Waals surface area contributed by atoms with E-state index in [0.717, 1.165) is 45.2 Å². The fourth-order valence-electron chi connectivity index (χ4n) is 4.52. The van der Waals surface area contributed by atoms with Gasteiger partial charge in [-0.15, -0.1) is 0 Å². The number of carboxylic acids is 1. The summed E-state index contributed by atoms with van der Waals surface area (Å²) in [5, 5.41) is 11.8. The summed E-state index contributed by atoms with van der Waals surface area (Å²) in [7, 11) is 0. The molecule has 0 saturated carbocycles. The summed E-state index contributed by atoms with van der Waals surface area (Å²) in [6.07, 6.45) is 26.4. The number of carbonyl (C=O) groups is 1. The number of nitrogens with zero attached hydrogens (tertiary/aromatic N) is 1. The van der Waals surface area contributed by atoms with Crippen molar-refractivity contribution in [2.24, 2.45) is 0 Å². The smallest absolute Gasteiger partial charge is 0.548 e. The maximum absolute atomic E-state index is 11.8. The third-order valence-electron chi connectivity index (χ3n) is 6.64. The number of rotatable bonds is 25. The van der Waals surface area contributed by atoms with Crippen molar-refractivity contribution in [2.75, 3.05) is 13.1 Å². The molecule has 4 heteroatoms. The van der Waals surface area contributed by atoms with Gasteiger partial charge in [-0.1, -0.05) is 136 Å². The molecule has 0 radical (unpaired) electrons. The van der Waals surface area contributed by atoms with Gasteiger partial charge < -0.3 is 9.90 Å². The number of hydrogen-bond donors (Lipinski definition) is 0.